The molecular weight excluding hydrogens is 640 g/mol. The number of fused-ring (bicyclic) bond motifs is 1. The van der Waals surface area contributed by atoms with Gasteiger partial charge in [0.1, 0.15) is 11.5 Å². The number of hydrogen-bond acceptors (Lipinski definition) is 7. The van der Waals surface area contributed by atoms with E-state index in [4.69, 9.17) is 18.9 Å². The fraction of sp³-hybridized carbons (Fsp3) is 0.447. The molecule has 1 aliphatic heterocycles. The van der Waals surface area contributed by atoms with Crippen LogP contribution in [0.5, 0.6) is 11.5 Å². The van der Waals surface area contributed by atoms with E-state index in [2.05, 4.69) is 10.6 Å². The number of methoxy groups -OCH3 is 1. The van der Waals surface area contributed by atoms with E-state index in [0.717, 1.165) is 30.6 Å². The second-order valence-electron chi connectivity index (χ2n) is 12.8. The number of rotatable bonds is 10. The highest BCUT2D eigenvalue weighted by molar-refractivity contribution is 6.02. The van der Waals surface area contributed by atoms with Gasteiger partial charge >= 0.3 is 12.1 Å². The van der Waals surface area contributed by atoms with Gasteiger partial charge in [0, 0.05) is 37.5 Å². The molecule has 0 saturated heterocycles. The van der Waals surface area contributed by atoms with Gasteiger partial charge < -0.3 is 44.5 Å². The number of nitrogens with one attached hydrogen (secondary N) is 2. The quantitative estimate of drug-likeness (QED) is 0.207. The smallest absolute Gasteiger partial charge is 0.407 e. The average Bonchev–Trinajstić information content (AvgIpc) is 3.10. The summed E-state index contributed by atoms with van der Waals surface area (Å²) >= 11 is 0. The van der Waals surface area contributed by atoms with Gasteiger partial charge in [-0.3, -0.25) is 4.79 Å². The molecule has 270 valence electrons. The molecule has 1 heterocycles. The van der Waals surface area contributed by atoms with E-state index in [1.807, 2.05) is 63.2 Å². The van der Waals surface area contributed by atoms with Crippen molar-refractivity contribution in [3.05, 3.63) is 83.9 Å². The van der Waals surface area contributed by atoms with E-state index in [9.17, 15) is 19.5 Å². The summed E-state index contributed by atoms with van der Waals surface area (Å²) in [6, 6.07) is 20.9. The van der Waals surface area contributed by atoms with Crippen molar-refractivity contribution in [1.82, 2.24) is 9.80 Å². The van der Waals surface area contributed by atoms with Crippen molar-refractivity contribution < 1.29 is 38.4 Å². The third-order valence-electron chi connectivity index (χ3n) is 8.64. The zero-order valence-corrected chi connectivity index (χ0v) is 29.6. The maximum atomic E-state index is 14.7. The SMILES string of the molecule is COc1ccc(COC[C@H](C)N2C[C@@H](C)[C@H](CN(C)C(=O)O)OCCCC[C@H](C)Oc3ccc(NC(=O)Nc4ccccc4)cc3C2=O)cc1. The van der Waals surface area contributed by atoms with Crippen molar-refractivity contribution in [3.8, 4) is 11.5 Å². The van der Waals surface area contributed by atoms with Crippen LogP contribution in [-0.2, 0) is 16.1 Å². The number of ether oxygens (including phenoxy) is 4. The van der Waals surface area contributed by atoms with Crippen LogP contribution in [0.3, 0.4) is 0 Å². The molecule has 4 atom stereocenters. The van der Waals surface area contributed by atoms with Crippen LogP contribution in [-0.4, -0.2) is 91.6 Å². The van der Waals surface area contributed by atoms with Gasteiger partial charge in [-0.05, 0) is 81.1 Å². The van der Waals surface area contributed by atoms with Crippen LogP contribution in [0.15, 0.2) is 72.8 Å². The summed E-state index contributed by atoms with van der Waals surface area (Å²) in [5.74, 6) is 0.610. The molecule has 0 bridgehead atoms. The molecule has 0 fully saturated rings. The molecule has 0 aliphatic carbocycles. The van der Waals surface area contributed by atoms with Crippen LogP contribution in [0.1, 0.15) is 56.0 Å². The number of amides is 4. The highest BCUT2D eigenvalue weighted by Gasteiger charge is 2.31. The van der Waals surface area contributed by atoms with Crippen LogP contribution in [0.4, 0.5) is 21.0 Å². The van der Waals surface area contributed by atoms with E-state index in [0.29, 0.717) is 35.9 Å². The van der Waals surface area contributed by atoms with Crippen LogP contribution in [0.2, 0.25) is 0 Å². The average molecular weight is 691 g/mol. The Morgan fingerprint density at radius 3 is 2.44 bits per heavy atom. The first-order valence-corrected chi connectivity index (χ1v) is 17.0. The van der Waals surface area contributed by atoms with E-state index in [1.165, 1.54) is 11.9 Å². The minimum absolute atomic E-state index is 0.154. The number of nitrogens with zero attached hydrogens (tertiary/aromatic N) is 2. The molecule has 3 aromatic rings. The normalized spacial score (nSPS) is 19.3. The van der Waals surface area contributed by atoms with Gasteiger partial charge in [0.2, 0.25) is 0 Å². The van der Waals surface area contributed by atoms with E-state index in [1.54, 1.807) is 42.3 Å². The topological polar surface area (TPSA) is 139 Å². The molecule has 0 aromatic heterocycles. The first kappa shape index (κ1) is 38.0. The molecular formula is C38H50N4O8. The fourth-order valence-electron chi connectivity index (χ4n) is 5.69. The van der Waals surface area contributed by atoms with Crippen molar-refractivity contribution in [1.29, 1.82) is 0 Å². The van der Waals surface area contributed by atoms with Crippen LogP contribution in [0.25, 0.3) is 0 Å². The van der Waals surface area contributed by atoms with Crippen molar-refractivity contribution in [2.75, 3.05) is 51.1 Å². The Hall–Kier alpha value is -4.81. The lowest BCUT2D eigenvalue weighted by Crippen LogP contribution is -2.48. The van der Waals surface area contributed by atoms with E-state index >= 15 is 0 Å². The number of benzene rings is 3. The molecule has 3 N–H and O–H groups in total. The molecule has 1 aliphatic rings. The molecule has 3 aromatic carbocycles. The van der Waals surface area contributed by atoms with Gasteiger partial charge in [-0.25, -0.2) is 9.59 Å². The van der Waals surface area contributed by atoms with Crippen LogP contribution < -0.4 is 20.1 Å². The largest absolute Gasteiger partial charge is 0.497 e. The second kappa shape index (κ2) is 18.8. The molecule has 12 heteroatoms. The van der Waals surface area contributed by atoms with E-state index in [-0.39, 0.29) is 37.6 Å². The molecule has 4 amide bonds. The van der Waals surface area contributed by atoms with Crippen molar-refractivity contribution in [2.24, 2.45) is 5.92 Å². The van der Waals surface area contributed by atoms with Gasteiger partial charge in [-0.15, -0.1) is 0 Å². The lowest BCUT2D eigenvalue weighted by atomic mass is 10.0. The number of anilines is 2. The highest BCUT2D eigenvalue weighted by Crippen LogP contribution is 2.29. The van der Waals surface area contributed by atoms with Crippen molar-refractivity contribution in [3.63, 3.8) is 0 Å². The summed E-state index contributed by atoms with van der Waals surface area (Å²) in [6.07, 6.45) is 0.628. The fourth-order valence-corrected chi connectivity index (χ4v) is 5.69. The predicted molar refractivity (Wildman–Crippen MR) is 192 cm³/mol. The Kier molecular flexibility index (Phi) is 14.3. The monoisotopic (exact) mass is 690 g/mol. The van der Waals surface area contributed by atoms with E-state index < -0.39 is 24.3 Å². The van der Waals surface area contributed by atoms with Gasteiger partial charge in [0.05, 0.1) is 50.7 Å². The summed E-state index contributed by atoms with van der Waals surface area (Å²) in [5, 5.41) is 15.3. The number of urea groups is 1. The molecule has 0 spiro atoms. The lowest BCUT2D eigenvalue weighted by molar-refractivity contribution is -0.0178. The van der Waals surface area contributed by atoms with Crippen LogP contribution >= 0.6 is 0 Å². The van der Waals surface area contributed by atoms with Crippen molar-refractivity contribution >= 4 is 29.4 Å². The molecule has 0 saturated carbocycles. The van der Waals surface area contributed by atoms with Gasteiger partial charge in [0.25, 0.3) is 5.91 Å². The Labute approximate surface area is 294 Å². The summed E-state index contributed by atoms with van der Waals surface area (Å²) in [5.41, 5.74) is 2.30. The molecule has 50 heavy (non-hydrogen) atoms. The first-order chi connectivity index (χ1) is 24.0. The standard InChI is InChI=1S/C38H50N4O8/c1-26-22-42(27(2)24-48-25-29-14-17-32(47-5)18-15-29)36(43)33-21-31(40-37(44)39-30-12-7-6-8-13-30)16-19-34(33)50-28(3)11-9-10-20-49-35(26)23-41(4)38(45)46/h6-8,12-19,21,26-28,35H,9-11,20,22-25H2,1-5H3,(H,45,46)(H2,39,40,44)/t26-,27+,28+,35+/m1/s1. The zero-order valence-electron chi connectivity index (χ0n) is 29.6. The first-order valence-electron chi connectivity index (χ1n) is 17.0. The number of likely N-dealkylation sites (N-methyl/N-ethyl adjacent to an activating group) is 1. The highest BCUT2D eigenvalue weighted by atomic mass is 16.5. The number of carboxylic acid groups (broad SMARTS) is 1. The maximum absolute atomic E-state index is 14.7. The number of carbonyl (C=O) groups excluding carboxylic acids is 2. The molecule has 0 unspecified atom stereocenters. The Morgan fingerprint density at radius 1 is 1.02 bits per heavy atom. The maximum Gasteiger partial charge on any atom is 0.407 e. The minimum Gasteiger partial charge on any atom is -0.497 e. The third-order valence-corrected chi connectivity index (χ3v) is 8.64. The second-order valence-corrected chi connectivity index (χ2v) is 12.8. The zero-order chi connectivity index (χ0) is 36.0. The van der Waals surface area contributed by atoms with Gasteiger partial charge in [0.15, 0.2) is 0 Å². The molecule has 4 rings (SSSR count). The van der Waals surface area contributed by atoms with Crippen LogP contribution in [0, 0.1) is 5.92 Å². The van der Waals surface area contributed by atoms with Gasteiger partial charge in [-0.2, -0.15) is 0 Å². The Morgan fingerprint density at radius 2 is 1.74 bits per heavy atom. The van der Waals surface area contributed by atoms with Crippen molar-refractivity contribution in [2.45, 2.75) is 64.9 Å². The molecule has 12 nitrogen and oxygen atoms in total. The third kappa shape index (κ3) is 11.4. The molecule has 0 radical (unpaired) electrons. The predicted octanol–water partition coefficient (Wildman–Crippen LogP) is 6.97. The Bertz CT molecular complexity index is 1540. The summed E-state index contributed by atoms with van der Waals surface area (Å²) in [7, 11) is 3.13. The summed E-state index contributed by atoms with van der Waals surface area (Å²) < 4.78 is 24.0. The summed E-state index contributed by atoms with van der Waals surface area (Å²) in [6.45, 7) is 7.27. The minimum atomic E-state index is -1.05. The van der Waals surface area contributed by atoms with Gasteiger partial charge in [-0.1, -0.05) is 37.3 Å². The number of para-hydroxylation sites is 1. The Balaban J connectivity index is 1.64. The lowest BCUT2D eigenvalue weighted by Gasteiger charge is -2.36. The number of carbonyl (C=O) groups is 3. The number of hydrogen-bond donors (Lipinski definition) is 3. The summed E-state index contributed by atoms with van der Waals surface area (Å²) in [4.78, 5) is 42.2.